The summed E-state index contributed by atoms with van der Waals surface area (Å²) < 4.78 is 4.64. The van der Waals surface area contributed by atoms with Crippen LogP contribution in [0.5, 0.6) is 0 Å². The number of methoxy groups -OCH3 is 1. The molecule has 0 unspecified atom stereocenters. The summed E-state index contributed by atoms with van der Waals surface area (Å²) in [5.41, 5.74) is 0. The average molecular weight is 185 g/mol. The maximum absolute atomic E-state index is 11.0. The van der Waals surface area contributed by atoms with Crippen molar-refractivity contribution in [1.29, 1.82) is 0 Å². The molecule has 1 fully saturated rings. The Labute approximate surface area is 80.1 Å². The van der Waals surface area contributed by atoms with Gasteiger partial charge in [-0.1, -0.05) is 13.8 Å². The third-order valence-corrected chi connectivity index (χ3v) is 2.52. The Bertz CT molecular complexity index is 172. The molecule has 3 nitrogen and oxygen atoms in total. The number of carbonyl (C=O) groups excluding carboxylic acids is 1. The van der Waals surface area contributed by atoms with E-state index in [4.69, 9.17) is 0 Å². The second kappa shape index (κ2) is 4.61. The van der Waals surface area contributed by atoms with E-state index in [0.717, 1.165) is 13.1 Å². The van der Waals surface area contributed by atoms with Crippen LogP contribution in [0.4, 0.5) is 0 Å². The first kappa shape index (κ1) is 10.5. The van der Waals surface area contributed by atoms with Gasteiger partial charge in [0.15, 0.2) is 0 Å². The first-order valence-electron chi connectivity index (χ1n) is 4.91. The van der Waals surface area contributed by atoms with Crippen molar-refractivity contribution in [3.8, 4) is 0 Å². The number of piperidine rings is 1. The standard InChI is InChI=1S/C10H19NO2/c1-8-4-9(2)6-11(5-8)7-10(12)13-3/h8-9H,4-7H2,1-3H3/t8-,9+. The Morgan fingerprint density at radius 1 is 1.38 bits per heavy atom. The number of carbonyl (C=O) groups is 1. The monoisotopic (exact) mass is 185 g/mol. The van der Waals surface area contributed by atoms with Crippen LogP contribution in [0.25, 0.3) is 0 Å². The summed E-state index contributed by atoms with van der Waals surface area (Å²) in [6, 6.07) is 0. The molecule has 1 rings (SSSR count). The molecule has 1 aliphatic rings. The molecule has 0 aromatic heterocycles. The van der Waals surface area contributed by atoms with Gasteiger partial charge in [-0.2, -0.15) is 0 Å². The minimum absolute atomic E-state index is 0.124. The number of ether oxygens (including phenoxy) is 1. The second-order valence-electron chi connectivity index (χ2n) is 4.22. The zero-order chi connectivity index (χ0) is 9.84. The first-order chi connectivity index (χ1) is 6.11. The quantitative estimate of drug-likeness (QED) is 0.604. The summed E-state index contributed by atoms with van der Waals surface area (Å²) in [5.74, 6) is 1.28. The fourth-order valence-corrected chi connectivity index (χ4v) is 2.17. The summed E-state index contributed by atoms with van der Waals surface area (Å²) in [7, 11) is 1.44. The molecular weight excluding hydrogens is 166 g/mol. The van der Waals surface area contributed by atoms with E-state index in [-0.39, 0.29) is 5.97 Å². The van der Waals surface area contributed by atoms with Crippen LogP contribution in [0.15, 0.2) is 0 Å². The predicted octanol–water partition coefficient (Wildman–Crippen LogP) is 1.14. The Hall–Kier alpha value is -0.570. The molecule has 1 heterocycles. The lowest BCUT2D eigenvalue weighted by Crippen LogP contribution is -2.41. The normalized spacial score (nSPS) is 30.1. The molecule has 0 saturated carbocycles. The van der Waals surface area contributed by atoms with Gasteiger partial charge in [0.2, 0.25) is 0 Å². The lowest BCUT2D eigenvalue weighted by Gasteiger charge is -2.33. The summed E-state index contributed by atoms with van der Waals surface area (Å²) in [4.78, 5) is 13.2. The largest absolute Gasteiger partial charge is 0.468 e. The van der Waals surface area contributed by atoms with Gasteiger partial charge < -0.3 is 4.74 Å². The zero-order valence-electron chi connectivity index (χ0n) is 8.75. The summed E-state index contributed by atoms with van der Waals surface area (Å²) >= 11 is 0. The lowest BCUT2D eigenvalue weighted by molar-refractivity contribution is -0.142. The van der Waals surface area contributed by atoms with E-state index in [1.54, 1.807) is 0 Å². The molecule has 0 bridgehead atoms. The highest BCUT2D eigenvalue weighted by molar-refractivity contribution is 5.71. The molecule has 0 spiro atoms. The van der Waals surface area contributed by atoms with Gasteiger partial charge in [0, 0.05) is 13.1 Å². The van der Waals surface area contributed by atoms with Gasteiger partial charge in [-0.05, 0) is 18.3 Å². The molecular formula is C10H19NO2. The van der Waals surface area contributed by atoms with Crippen LogP contribution < -0.4 is 0 Å². The Balaban J connectivity index is 2.37. The van der Waals surface area contributed by atoms with Gasteiger partial charge in [-0.15, -0.1) is 0 Å². The highest BCUT2D eigenvalue weighted by atomic mass is 16.5. The van der Waals surface area contributed by atoms with Crippen molar-refractivity contribution in [3.63, 3.8) is 0 Å². The Morgan fingerprint density at radius 2 is 1.92 bits per heavy atom. The van der Waals surface area contributed by atoms with Crippen LogP contribution in [-0.2, 0) is 9.53 Å². The first-order valence-corrected chi connectivity index (χ1v) is 4.91. The number of esters is 1. The molecule has 0 aliphatic carbocycles. The van der Waals surface area contributed by atoms with Crippen LogP contribution in [0.1, 0.15) is 20.3 Å². The minimum Gasteiger partial charge on any atom is -0.468 e. The van der Waals surface area contributed by atoms with Crippen LogP contribution in [-0.4, -0.2) is 37.6 Å². The smallest absolute Gasteiger partial charge is 0.319 e. The minimum atomic E-state index is -0.124. The van der Waals surface area contributed by atoms with Crippen molar-refractivity contribution in [1.82, 2.24) is 4.90 Å². The van der Waals surface area contributed by atoms with Gasteiger partial charge in [-0.3, -0.25) is 9.69 Å². The van der Waals surface area contributed by atoms with E-state index >= 15 is 0 Å². The topological polar surface area (TPSA) is 29.5 Å². The summed E-state index contributed by atoms with van der Waals surface area (Å²) in [6.07, 6.45) is 1.28. The fraction of sp³-hybridized carbons (Fsp3) is 0.900. The van der Waals surface area contributed by atoms with E-state index in [9.17, 15) is 4.79 Å². The van der Waals surface area contributed by atoms with Crippen LogP contribution in [0, 0.1) is 11.8 Å². The lowest BCUT2D eigenvalue weighted by atomic mass is 9.92. The number of hydrogen-bond donors (Lipinski definition) is 0. The van der Waals surface area contributed by atoms with E-state index in [0.29, 0.717) is 18.4 Å². The van der Waals surface area contributed by atoms with Crippen molar-refractivity contribution in [2.24, 2.45) is 11.8 Å². The molecule has 0 aromatic carbocycles. The van der Waals surface area contributed by atoms with Crippen molar-refractivity contribution in [2.45, 2.75) is 20.3 Å². The molecule has 13 heavy (non-hydrogen) atoms. The second-order valence-corrected chi connectivity index (χ2v) is 4.22. The molecule has 0 amide bonds. The molecule has 3 heteroatoms. The highest BCUT2D eigenvalue weighted by Crippen LogP contribution is 2.20. The van der Waals surface area contributed by atoms with Gasteiger partial charge in [-0.25, -0.2) is 0 Å². The number of hydrogen-bond acceptors (Lipinski definition) is 3. The van der Waals surface area contributed by atoms with Crippen LogP contribution >= 0.6 is 0 Å². The van der Waals surface area contributed by atoms with Crippen molar-refractivity contribution >= 4 is 5.97 Å². The summed E-state index contributed by atoms with van der Waals surface area (Å²) in [6.45, 7) is 6.98. The third-order valence-electron chi connectivity index (χ3n) is 2.52. The average Bonchev–Trinajstić information content (AvgIpc) is 2.02. The number of likely N-dealkylation sites (tertiary alicyclic amines) is 1. The van der Waals surface area contributed by atoms with Gasteiger partial charge in [0.05, 0.1) is 13.7 Å². The summed E-state index contributed by atoms with van der Waals surface area (Å²) in [5, 5.41) is 0. The van der Waals surface area contributed by atoms with E-state index in [1.807, 2.05) is 0 Å². The zero-order valence-corrected chi connectivity index (χ0v) is 8.75. The maximum Gasteiger partial charge on any atom is 0.319 e. The Morgan fingerprint density at radius 3 is 2.38 bits per heavy atom. The molecule has 0 radical (unpaired) electrons. The van der Waals surface area contributed by atoms with Crippen molar-refractivity contribution < 1.29 is 9.53 Å². The van der Waals surface area contributed by atoms with Gasteiger partial charge in [0.25, 0.3) is 0 Å². The van der Waals surface area contributed by atoms with Crippen LogP contribution in [0.2, 0.25) is 0 Å². The van der Waals surface area contributed by atoms with Crippen molar-refractivity contribution in [3.05, 3.63) is 0 Å². The highest BCUT2D eigenvalue weighted by Gasteiger charge is 2.23. The SMILES string of the molecule is COC(=O)CN1C[C@H](C)C[C@H](C)C1. The number of rotatable bonds is 2. The number of nitrogens with zero attached hydrogens (tertiary/aromatic N) is 1. The maximum atomic E-state index is 11.0. The molecule has 1 aliphatic heterocycles. The van der Waals surface area contributed by atoms with Crippen molar-refractivity contribution in [2.75, 3.05) is 26.7 Å². The molecule has 76 valence electrons. The van der Waals surface area contributed by atoms with E-state index in [1.165, 1.54) is 13.5 Å². The molecule has 0 aromatic rings. The molecule has 2 atom stereocenters. The van der Waals surface area contributed by atoms with Gasteiger partial charge in [0.1, 0.15) is 0 Å². The molecule has 1 saturated heterocycles. The van der Waals surface area contributed by atoms with Crippen LogP contribution in [0.3, 0.4) is 0 Å². The third kappa shape index (κ3) is 3.35. The fourth-order valence-electron chi connectivity index (χ4n) is 2.17. The Kier molecular flexibility index (Phi) is 3.72. The molecule has 0 N–H and O–H groups in total. The van der Waals surface area contributed by atoms with E-state index in [2.05, 4.69) is 23.5 Å². The van der Waals surface area contributed by atoms with E-state index < -0.39 is 0 Å². The predicted molar refractivity (Wildman–Crippen MR) is 51.4 cm³/mol. The van der Waals surface area contributed by atoms with Gasteiger partial charge >= 0.3 is 5.97 Å².